The first-order valence-corrected chi connectivity index (χ1v) is 3.76. The van der Waals surface area contributed by atoms with E-state index in [4.69, 9.17) is 6.42 Å². The summed E-state index contributed by atoms with van der Waals surface area (Å²) >= 11 is 0. The predicted octanol–water partition coefficient (Wildman–Crippen LogP) is 2.84. The molecule has 0 saturated carbocycles. The predicted molar refractivity (Wildman–Crippen MR) is 49.0 cm³/mol. The fraction of sp³-hybridized carbons (Fsp3) is 0.273. The molecule has 0 aromatic carbocycles. The second-order valence-corrected chi connectivity index (χ2v) is 2.75. The van der Waals surface area contributed by atoms with Gasteiger partial charge in [0.25, 0.3) is 0 Å². The van der Waals surface area contributed by atoms with Crippen LogP contribution in [0.25, 0.3) is 0 Å². The van der Waals surface area contributed by atoms with Crippen molar-refractivity contribution in [3.05, 3.63) is 34.9 Å². The van der Waals surface area contributed by atoms with Gasteiger partial charge < -0.3 is 0 Å². The smallest absolute Gasteiger partial charge is 0.0208 e. The molecule has 0 atom stereocenters. The molecule has 0 spiro atoms. The molecule has 0 bridgehead atoms. The Kier molecular flexibility index (Phi) is 2.33. The lowest BCUT2D eigenvalue weighted by molar-refractivity contribution is 1.29. The molecule has 1 aliphatic carbocycles. The Balaban J connectivity index is 2.98. The van der Waals surface area contributed by atoms with Gasteiger partial charge in [0.1, 0.15) is 0 Å². The second kappa shape index (κ2) is 3.25. The molecule has 0 aliphatic heterocycles. The molecule has 0 amide bonds. The average Bonchev–Trinajstić information content (AvgIpc) is 2.15. The van der Waals surface area contributed by atoms with E-state index in [2.05, 4.69) is 38.0 Å². The molecule has 0 N–H and O–H groups in total. The average molecular weight is 144 g/mol. The first kappa shape index (κ1) is 7.88. The first-order chi connectivity index (χ1) is 5.24. The van der Waals surface area contributed by atoms with E-state index in [0.717, 1.165) is 12.0 Å². The molecule has 0 fully saturated rings. The van der Waals surface area contributed by atoms with Crippen molar-refractivity contribution in [3.63, 3.8) is 0 Å². The van der Waals surface area contributed by atoms with Gasteiger partial charge in [0.05, 0.1) is 0 Å². The van der Waals surface area contributed by atoms with E-state index in [1.807, 2.05) is 0 Å². The van der Waals surface area contributed by atoms with Crippen LogP contribution in [0.1, 0.15) is 20.3 Å². The van der Waals surface area contributed by atoms with Crippen molar-refractivity contribution < 1.29 is 0 Å². The largest absolute Gasteiger partial charge is 0.115 e. The summed E-state index contributed by atoms with van der Waals surface area (Å²) < 4.78 is 0. The molecular weight excluding hydrogens is 132 g/mol. The number of rotatable bonds is 0. The van der Waals surface area contributed by atoms with E-state index >= 15 is 0 Å². The van der Waals surface area contributed by atoms with Crippen molar-refractivity contribution in [2.75, 3.05) is 0 Å². The van der Waals surface area contributed by atoms with Crippen molar-refractivity contribution in [2.24, 2.45) is 0 Å². The molecule has 0 saturated heterocycles. The third-order valence-electron chi connectivity index (χ3n) is 1.92. The van der Waals surface area contributed by atoms with Crippen LogP contribution in [-0.2, 0) is 0 Å². The summed E-state index contributed by atoms with van der Waals surface area (Å²) in [6, 6.07) is 0. The fourth-order valence-electron chi connectivity index (χ4n) is 1.03. The lowest BCUT2D eigenvalue weighted by atomic mass is 10.1. The van der Waals surface area contributed by atoms with Gasteiger partial charge in [-0.2, -0.15) is 0 Å². The summed E-state index contributed by atoms with van der Waals surface area (Å²) in [5.41, 5.74) is 3.59. The van der Waals surface area contributed by atoms with Gasteiger partial charge in [-0.1, -0.05) is 23.6 Å². The van der Waals surface area contributed by atoms with Gasteiger partial charge in [-0.05, 0) is 31.9 Å². The number of terminal acetylenes is 1. The van der Waals surface area contributed by atoms with Crippen LogP contribution in [0.15, 0.2) is 34.9 Å². The lowest BCUT2D eigenvalue weighted by Crippen LogP contribution is -1.77. The molecule has 0 radical (unpaired) electrons. The van der Waals surface area contributed by atoms with E-state index in [1.54, 1.807) is 0 Å². The van der Waals surface area contributed by atoms with Crippen LogP contribution in [0.2, 0.25) is 0 Å². The minimum atomic E-state index is 0.958. The number of hydrogen-bond acceptors (Lipinski definition) is 0. The summed E-state index contributed by atoms with van der Waals surface area (Å²) in [4.78, 5) is 0. The van der Waals surface area contributed by atoms with Crippen LogP contribution in [0.4, 0.5) is 0 Å². The molecule has 0 heterocycles. The highest BCUT2D eigenvalue weighted by Gasteiger charge is 1.97. The molecule has 1 aliphatic rings. The van der Waals surface area contributed by atoms with E-state index in [-0.39, 0.29) is 0 Å². The van der Waals surface area contributed by atoms with Gasteiger partial charge in [-0.25, -0.2) is 0 Å². The van der Waals surface area contributed by atoms with Crippen molar-refractivity contribution in [2.45, 2.75) is 20.3 Å². The van der Waals surface area contributed by atoms with E-state index in [0.29, 0.717) is 0 Å². The standard InChI is InChI=1S/C11H12/c1-4-11-7-5-6-9(2)10(3)8-11/h1,6-8H,5H2,2-3H3. The summed E-state index contributed by atoms with van der Waals surface area (Å²) in [6.45, 7) is 4.20. The van der Waals surface area contributed by atoms with Crippen molar-refractivity contribution in [3.8, 4) is 12.3 Å². The molecule has 0 heteroatoms. The minimum absolute atomic E-state index is 0.958. The normalized spacial score (nSPS) is 17.4. The first-order valence-electron chi connectivity index (χ1n) is 3.76. The van der Waals surface area contributed by atoms with Gasteiger partial charge >= 0.3 is 0 Å². The second-order valence-electron chi connectivity index (χ2n) is 2.75. The molecule has 1 rings (SSSR count). The minimum Gasteiger partial charge on any atom is -0.115 e. The SMILES string of the molecule is C#CC1=CCC=C(C)C(C)=C1. The Hall–Kier alpha value is -1.22. The van der Waals surface area contributed by atoms with E-state index in [9.17, 15) is 0 Å². The number of allylic oxidation sites excluding steroid dienone is 6. The Bertz CT molecular complexity index is 280. The topological polar surface area (TPSA) is 0 Å². The summed E-state index contributed by atoms with van der Waals surface area (Å²) in [5.74, 6) is 2.65. The van der Waals surface area contributed by atoms with Crippen LogP contribution < -0.4 is 0 Å². The van der Waals surface area contributed by atoms with Crippen molar-refractivity contribution in [1.29, 1.82) is 0 Å². The maximum absolute atomic E-state index is 5.29. The Morgan fingerprint density at radius 3 is 2.64 bits per heavy atom. The Labute approximate surface area is 68.3 Å². The third-order valence-corrected chi connectivity index (χ3v) is 1.92. The summed E-state index contributed by atoms with van der Waals surface area (Å²) in [6.07, 6.45) is 12.6. The van der Waals surface area contributed by atoms with E-state index < -0.39 is 0 Å². The van der Waals surface area contributed by atoms with Gasteiger partial charge in [0.2, 0.25) is 0 Å². The van der Waals surface area contributed by atoms with Crippen molar-refractivity contribution in [1.82, 2.24) is 0 Å². The molecule has 0 aromatic heterocycles. The van der Waals surface area contributed by atoms with E-state index in [1.165, 1.54) is 11.1 Å². The highest BCUT2D eigenvalue weighted by atomic mass is 14.0. The van der Waals surface area contributed by atoms with Gasteiger partial charge in [0, 0.05) is 5.57 Å². The molecule has 0 unspecified atom stereocenters. The zero-order valence-electron chi connectivity index (χ0n) is 7.02. The fourth-order valence-corrected chi connectivity index (χ4v) is 1.03. The van der Waals surface area contributed by atoms with Gasteiger partial charge in [-0.3, -0.25) is 0 Å². The molecule has 0 aromatic rings. The lowest BCUT2D eigenvalue weighted by Gasteiger charge is -1.96. The third kappa shape index (κ3) is 1.85. The molecular formula is C11H12. The molecule has 11 heavy (non-hydrogen) atoms. The monoisotopic (exact) mass is 144 g/mol. The zero-order valence-corrected chi connectivity index (χ0v) is 7.02. The van der Waals surface area contributed by atoms with Crippen LogP contribution in [0.3, 0.4) is 0 Å². The Morgan fingerprint density at radius 1 is 1.27 bits per heavy atom. The Morgan fingerprint density at radius 2 is 2.00 bits per heavy atom. The van der Waals surface area contributed by atoms with Crippen LogP contribution in [-0.4, -0.2) is 0 Å². The maximum atomic E-state index is 5.29. The summed E-state index contributed by atoms with van der Waals surface area (Å²) in [7, 11) is 0. The van der Waals surface area contributed by atoms with Crippen LogP contribution in [0.5, 0.6) is 0 Å². The molecule has 0 nitrogen and oxygen atoms in total. The van der Waals surface area contributed by atoms with Gasteiger partial charge in [-0.15, -0.1) is 6.42 Å². The van der Waals surface area contributed by atoms with Crippen molar-refractivity contribution >= 4 is 0 Å². The highest BCUT2D eigenvalue weighted by Crippen LogP contribution is 2.16. The maximum Gasteiger partial charge on any atom is 0.0208 e. The molecule has 56 valence electrons. The quantitative estimate of drug-likeness (QED) is 0.458. The van der Waals surface area contributed by atoms with Crippen LogP contribution >= 0.6 is 0 Å². The van der Waals surface area contributed by atoms with Crippen LogP contribution in [0, 0.1) is 12.3 Å². The zero-order chi connectivity index (χ0) is 8.27. The summed E-state index contributed by atoms with van der Waals surface area (Å²) in [5, 5.41) is 0. The number of hydrogen-bond donors (Lipinski definition) is 0. The van der Waals surface area contributed by atoms with Gasteiger partial charge in [0.15, 0.2) is 0 Å². The highest BCUT2D eigenvalue weighted by molar-refractivity contribution is 5.45.